The normalized spacial score (nSPS) is 10.5. The highest BCUT2D eigenvalue weighted by Crippen LogP contribution is 2.27. The maximum absolute atomic E-state index is 12.1. The number of rotatable bonds is 6. The molecule has 1 amide bonds. The van der Waals surface area contributed by atoms with Crippen LogP contribution in [0.2, 0.25) is 0 Å². The molecule has 0 fully saturated rings. The molecule has 0 radical (unpaired) electrons. The molecule has 0 aliphatic rings. The molecule has 0 aliphatic carbocycles. The fraction of sp³-hybridized carbons (Fsp3) is 0.222. The predicted octanol–water partition coefficient (Wildman–Crippen LogP) is 2.53. The van der Waals surface area contributed by atoms with E-state index in [1.54, 1.807) is 31.5 Å². The first-order valence-electron chi connectivity index (χ1n) is 7.38. The summed E-state index contributed by atoms with van der Waals surface area (Å²) in [6, 6.07) is 12.8. The second-order valence-corrected chi connectivity index (χ2v) is 5.25. The monoisotopic (exact) mass is 327 g/mol. The van der Waals surface area contributed by atoms with Crippen LogP contribution in [0.1, 0.15) is 15.9 Å². The minimum atomic E-state index is -0.322. The minimum Gasteiger partial charge on any atom is -0.493 e. The number of methoxy groups -OCH3 is 2. The maximum Gasteiger partial charge on any atom is 0.271 e. The summed E-state index contributed by atoms with van der Waals surface area (Å²) in [6.07, 6.45) is 1.60. The van der Waals surface area contributed by atoms with Crippen LogP contribution in [0.15, 0.2) is 47.6 Å². The van der Waals surface area contributed by atoms with Gasteiger partial charge in [0, 0.05) is 25.3 Å². The molecular formula is C18H21N3O3. The van der Waals surface area contributed by atoms with Crippen molar-refractivity contribution in [3.8, 4) is 11.5 Å². The Labute approximate surface area is 141 Å². The highest BCUT2D eigenvalue weighted by molar-refractivity contribution is 5.95. The van der Waals surface area contributed by atoms with Gasteiger partial charge in [0.25, 0.3) is 5.91 Å². The maximum atomic E-state index is 12.1. The van der Waals surface area contributed by atoms with E-state index in [4.69, 9.17) is 9.47 Å². The number of benzene rings is 2. The van der Waals surface area contributed by atoms with Gasteiger partial charge in [0.05, 0.1) is 20.4 Å². The second kappa shape index (κ2) is 8.01. The average Bonchev–Trinajstić information content (AvgIpc) is 2.61. The highest BCUT2D eigenvalue weighted by Gasteiger charge is 2.09. The molecule has 6 heteroatoms. The quantitative estimate of drug-likeness (QED) is 0.654. The lowest BCUT2D eigenvalue weighted by molar-refractivity contribution is 0.0954. The van der Waals surface area contributed by atoms with Crippen molar-refractivity contribution >= 4 is 17.8 Å². The number of ether oxygens (including phenoxy) is 2. The zero-order valence-corrected chi connectivity index (χ0v) is 14.2. The van der Waals surface area contributed by atoms with Crippen LogP contribution >= 0.6 is 0 Å². The van der Waals surface area contributed by atoms with Gasteiger partial charge in [0.15, 0.2) is 11.5 Å². The Balaban J connectivity index is 2.02. The number of hydrogen-bond acceptors (Lipinski definition) is 5. The molecular weight excluding hydrogens is 306 g/mol. The number of nitrogens with one attached hydrogen (secondary N) is 1. The third-order valence-corrected chi connectivity index (χ3v) is 3.43. The summed E-state index contributed by atoms with van der Waals surface area (Å²) in [7, 11) is 7.03. The number of anilines is 1. The van der Waals surface area contributed by atoms with E-state index in [0.29, 0.717) is 17.1 Å². The highest BCUT2D eigenvalue weighted by atomic mass is 16.5. The first-order valence-corrected chi connectivity index (χ1v) is 7.38. The summed E-state index contributed by atoms with van der Waals surface area (Å²) >= 11 is 0. The third-order valence-electron chi connectivity index (χ3n) is 3.43. The molecule has 126 valence electrons. The summed E-state index contributed by atoms with van der Waals surface area (Å²) in [5.41, 5.74) is 4.93. The molecule has 0 saturated heterocycles. The SMILES string of the molecule is COc1ccc(C(=O)N/N=C/c2ccc(N(C)C)cc2)cc1OC. The van der Waals surface area contributed by atoms with Gasteiger partial charge in [0.2, 0.25) is 0 Å². The van der Waals surface area contributed by atoms with Gasteiger partial charge in [-0.1, -0.05) is 12.1 Å². The van der Waals surface area contributed by atoms with Crippen LogP contribution in [0.3, 0.4) is 0 Å². The fourth-order valence-electron chi connectivity index (χ4n) is 2.07. The van der Waals surface area contributed by atoms with E-state index >= 15 is 0 Å². The molecule has 0 aliphatic heterocycles. The zero-order chi connectivity index (χ0) is 17.5. The van der Waals surface area contributed by atoms with Gasteiger partial charge in [-0.2, -0.15) is 5.10 Å². The Morgan fingerprint density at radius 1 is 1.04 bits per heavy atom. The standard InChI is InChI=1S/C18H21N3O3/c1-21(2)15-8-5-13(6-9-15)12-19-20-18(22)14-7-10-16(23-3)17(11-14)24-4/h5-12H,1-4H3,(H,20,22)/b19-12+. The van der Waals surface area contributed by atoms with Crippen LogP contribution in [0.5, 0.6) is 11.5 Å². The zero-order valence-electron chi connectivity index (χ0n) is 14.2. The lowest BCUT2D eigenvalue weighted by Gasteiger charge is -2.11. The van der Waals surface area contributed by atoms with Crippen molar-refractivity contribution in [1.82, 2.24) is 5.43 Å². The summed E-state index contributed by atoms with van der Waals surface area (Å²) in [6.45, 7) is 0. The van der Waals surface area contributed by atoms with Crippen molar-refractivity contribution in [3.05, 3.63) is 53.6 Å². The summed E-state index contributed by atoms with van der Waals surface area (Å²) < 4.78 is 10.3. The van der Waals surface area contributed by atoms with Crippen molar-refractivity contribution in [2.45, 2.75) is 0 Å². The van der Waals surface area contributed by atoms with E-state index in [0.717, 1.165) is 11.3 Å². The molecule has 0 unspecified atom stereocenters. The Morgan fingerprint density at radius 3 is 2.29 bits per heavy atom. The van der Waals surface area contributed by atoms with E-state index in [2.05, 4.69) is 10.5 Å². The van der Waals surface area contributed by atoms with Gasteiger partial charge in [-0.25, -0.2) is 5.43 Å². The van der Waals surface area contributed by atoms with Crippen molar-refractivity contribution < 1.29 is 14.3 Å². The molecule has 6 nitrogen and oxygen atoms in total. The number of carbonyl (C=O) groups is 1. The average molecular weight is 327 g/mol. The fourth-order valence-corrected chi connectivity index (χ4v) is 2.07. The van der Waals surface area contributed by atoms with Crippen LogP contribution in [0.25, 0.3) is 0 Å². The molecule has 2 aromatic rings. The molecule has 1 N–H and O–H groups in total. The van der Waals surface area contributed by atoms with Crippen LogP contribution in [-0.4, -0.2) is 40.4 Å². The Kier molecular flexibility index (Phi) is 5.78. The van der Waals surface area contributed by atoms with Crippen molar-refractivity contribution in [1.29, 1.82) is 0 Å². The van der Waals surface area contributed by atoms with Gasteiger partial charge in [-0.3, -0.25) is 4.79 Å². The van der Waals surface area contributed by atoms with Gasteiger partial charge in [0.1, 0.15) is 0 Å². The van der Waals surface area contributed by atoms with E-state index in [-0.39, 0.29) is 5.91 Å². The number of amides is 1. The third kappa shape index (κ3) is 4.25. The van der Waals surface area contributed by atoms with Crippen LogP contribution in [0, 0.1) is 0 Å². The van der Waals surface area contributed by atoms with Crippen LogP contribution in [-0.2, 0) is 0 Å². The molecule has 0 heterocycles. The molecule has 0 spiro atoms. The topological polar surface area (TPSA) is 63.2 Å². The number of nitrogens with zero attached hydrogens (tertiary/aromatic N) is 2. The molecule has 0 saturated carbocycles. The van der Waals surface area contributed by atoms with E-state index in [1.165, 1.54) is 7.11 Å². The van der Waals surface area contributed by atoms with Crippen LogP contribution in [0.4, 0.5) is 5.69 Å². The van der Waals surface area contributed by atoms with Crippen molar-refractivity contribution in [3.63, 3.8) is 0 Å². The summed E-state index contributed by atoms with van der Waals surface area (Å²) in [5.74, 6) is 0.740. The number of hydrazone groups is 1. The number of carbonyl (C=O) groups excluding carboxylic acids is 1. The lowest BCUT2D eigenvalue weighted by Crippen LogP contribution is -2.17. The molecule has 0 aromatic heterocycles. The second-order valence-electron chi connectivity index (χ2n) is 5.25. The Morgan fingerprint density at radius 2 is 1.71 bits per heavy atom. The molecule has 24 heavy (non-hydrogen) atoms. The van der Waals surface area contributed by atoms with Crippen molar-refractivity contribution in [2.75, 3.05) is 33.2 Å². The van der Waals surface area contributed by atoms with Gasteiger partial charge < -0.3 is 14.4 Å². The molecule has 2 aromatic carbocycles. The molecule has 0 bridgehead atoms. The summed E-state index contributed by atoms with van der Waals surface area (Å²) in [4.78, 5) is 14.1. The summed E-state index contributed by atoms with van der Waals surface area (Å²) in [5, 5.41) is 3.98. The van der Waals surface area contributed by atoms with E-state index < -0.39 is 0 Å². The predicted molar refractivity (Wildman–Crippen MR) is 95.4 cm³/mol. The van der Waals surface area contributed by atoms with Crippen molar-refractivity contribution in [2.24, 2.45) is 5.10 Å². The molecule has 0 atom stereocenters. The first kappa shape index (κ1) is 17.3. The van der Waals surface area contributed by atoms with E-state index in [9.17, 15) is 4.79 Å². The van der Waals surface area contributed by atoms with Gasteiger partial charge >= 0.3 is 0 Å². The van der Waals surface area contributed by atoms with Gasteiger partial charge in [-0.15, -0.1) is 0 Å². The molecule has 2 rings (SSSR count). The largest absolute Gasteiger partial charge is 0.493 e. The first-order chi connectivity index (χ1) is 11.5. The van der Waals surface area contributed by atoms with Crippen LogP contribution < -0.4 is 19.8 Å². The minimum absolute atomic E-state index is 0.322. The Hall–Kier alpha value is -3.02. The lowest BCUT2D eigenvalue weighted by atomic mass is 10.2. The van der Waals surface area contributed by atoms with E-state index in [1.807, 2.05) is 43.3 Å². The smallest absolute Gasteiger partial charge is 0.271 e. The van der Waals surface area contributed by atoms with Gasteiger partial charge in [-0.05, 0) is 35.9 Å². The Bertz CT molecular complexity index is 725. The number of hydrogen-bond donors (Lipinski definition) is 1.